The molecule has 2 heterocycles. The standard InChI is InChI=1S/C24H28N6O4.C19H20N6O2/c1-16(33-23(32)30(5)15-17-9-7-6-8-10-17)20-26-28-21(29-27-20)18-11-13-19(14-12-18)25-22(31)34-24(2,3)4;1-13(27-19(26)25(2)12-14-6-4-3-5-7-14)17-21-23-18(24-22-17)15-8-10-16(20)11-9-15/h6-14,16H,15H2,1-5H3,(H,25,31);3-11,13H,12,20H2,1-2H3. The van der Waals surface area contributed by atoms with E-state index >= 15 is 0 Å². The minimum Gasteiger partial charge on any atom is -0.444 e. The molecule has 0 fully saturated rings. The molecule has 61 heavy (non-hydrogen) atoms. The van der Waals surface area contributed by atoms with Crippen LogP contribution < -0.4 is 11.1 Å². The van der Waals surface area contributed by atoms with Crippen LogP contribution in [-0.2, 0) is 27.3 Å². The molecule has 3 N–H and O–H groups in total. The van der Waals surface area contributed by atoms with Crippen molar-refractivity contribution in [3.05, 3.63) is 132 Å². The number of nitrogen functional groups attached to an aromatic ring is 1. The Hall–Kier alpha value is -7.63. The predicted octanol–water partition coefficient (Wildman–Crippen LogP) is 7.46. The summed E-state index contributed by atoms with van der Waals surface area (Å²) in [7, 11) is 3.33. The molecular weight excluding hydrogens is 781 g/mol. The summed E-state index contributed by atoms with van der Waals surface area (Å²) in [5.41, 5.74) is 9.71. The van der Waals surface area contributed by atoms with E-state index in [4.69, 9.17) is 19.9 Å². The quantitative estimate of drug-likeness (QED) is 0.0954. The highest BCUT2D eigenvalue weighted by Crippen LogP contribution is 2.21. The average Bonchev–Trinajstić information content (AvgIpc) is 3.24. The second-order valence-electron chi connectivity index (χ2n) is 14.7. The number of rotatable bonds is 11. The summed E-state index contributed by atoms with van der Waals surface area (Å²) in [6.45, 7) is 9.57. The summed E-state index contributed by atoms with van der Waals surface area (Å²) in [6, 6.07) is 33.2. The van der Waals surface area contributed by atoms with E-state index in [1.165, 1.54) is 9.80 Å². The van der Waals surface area contributed by atoms with Crippen molar-refractivity contribution in [3.8, 4) is 22.8 Å². The molecule has 0 spiro atoms. The van der Waals surface area contributed by atoms with E-state index in [-0.39, 0.29) is 11.6 Å². The third kappa shape index (κ3) is 14.0. The van der Waals surface area contributed by atoms with Crippen LogP contribution in [0.4, 0.5) is 25.8 Å². The number of carbonyl (C=O) groups is 3. The van der Waals surface area contributed by atoms with Gasteiger partial charge in [0.15, 0.2) is 12.2 Å². The number of nitrogens with zero attached hydrogens (tertiary/aromatic N) is 10. The van der Waals surface area contributed by atoms with Crippen molar-refractivity contribution in [1.29, 1.82) is 0 Å². The lowest BCUT2D eigenvalue weighted by Crippen LogP contribution is -2.28. The fraction of sp³-hybridized carbons (Fsp3) is 0.279. The second kappa shape index (κ2) is 20.9. The topological polar surface area (TPSA) is 227 Å². The first-order valence-electron chi connectivity index (χ1n) is 19.2. The Labute approximate surface area is 353 Å². The van der Waals surface area contributed by atoms with Crippen molar-refractivity contribution in [2.45, 2.75) is 65.5 Å². The van der Waals surface area contributed by atoms with Crippen molar-refractivity contribution in [2.75, 3.05) is 25.1 Å². The van der Waals surface area contributed by atoms with Crippen LogP contribution >= 0.6 is 0 Å². The number of hydrogen-bond donors (Lipinski definition) is 2. The van der Waals surface area contributed by atoms with Crippen LogP contribution in [0.5, 0.6) is 0 Å². The molecule has 0 saturated carbocycles. The molecule has 0 aliphatic carbocycles. The molecule has 6 rings (SSSR count). The van der Waals surface area contributed by atoms with Crippen molar-refractivity contribution in [1.82, 2.24) is 50.6 Å². The van der Waals surface area contributed by atoms with Crippen molar-refractivity contribution in [3.63, 3.8) is 0 Å². The Balaban J connectivity index is 0.000000237. The molecule has 6 aromatic rings. The van der Waals surface area contributed by atoms with E-state index < -0.39 is 36.1 Å². The molecule has 0 bridgehead atoms. The molecule has 0 aliphatic rings. The molecule has 0 saturated heterocycles. The van der Waals surface area contributed by atoms with Crippen LogP contribution in [0.2, 0.25) is 0 Å². The molecule has 2 atom stereocenters. The first-order chi connectivity index (χ1) is 29.1. The van der Waals surface area contributed by atoms with Crippen LogP contribution in [0.1, 0.15) is 69.6 Å². The maximum atomic E-state index is 12.4. The summed E-state index contributed by atoms with van der Waals surface area (Å²) in [6.07, 6.45) is -2.91. The van der Waals surface area contributed by atoms with E-state index in [9.17, 15) is 14.4 Å². The summed E-state index contributed by atoms with van der Waals surface area (Å²) in [4.78, 5) is 39.4. The third-order valence-electron chi connectivity index (χ3n) is 8.38. The summed E-state index contributed by atoms with van der Waals surface area (Å²) < 4.78 is 16.1. The maximum Gasteiger partial charge on any atom is 0.412 e. The SMILES string of the molecule is CC(OC(=O)N(C)Cc1ccccc1)c1nnc(-c2ccc(N)cc2)nn1.CC(OC(=O)N(C)Cc1ccccc1)c1nnc(-c2ccc(NC(=O)OC(C)(C)C)cc2)nn1. The monoisotopic (exact) mass is 828 g/mol. The van der Waals surface area contributed by atoms with E-state index in [0.717, 1.165) is 16.7 Å². The molecule has 3 amide bonds. The number of anilines is 2. The van der Waals surface area contributed by atoms with Crippen molar-refractivity contribution < 1.29 is 28.6 Å². The van der Waals surface area contributed by atoms with Gasteiger partial charge in [0.1, 0.15) is 5.60 Å². The zero-order valence-corrected chi connectivity index (χ0v) is 35.0. The predicted molar refractivity (Wildman–Crippen MR) is 226 cm³/mol. The molecule has 0 aliphatic heterocycles. The van der Waals surface area contributed by atoms with Gasteiger partial charge in [-0.1, -0.05) is 60.7 Å². The van der Waals surface area contributed by atoms with Crippen LogP contribution in [0.3, 0.4) is 0 Å². The molecule has 4 aromatic carbocycles. The Kier molecular flexibility index (Phi) is 15.2. The fourth-order valence-corrected chi connectivity index (χ4v) is 5.22. The van der Waals surface area contributed by atoms with Gasteiger partial charge in [-0.15, -0.1) is 40.8 Å². The Bertz CT molecular complexity index is 2320. The minimum atomic E-state index is -0.722. The van der Waals surface area contributed by atoms with Crippen LogP contribution in [0.15, 0.2) is 109 Å². The number of nitrogens with two attached hydrogens (primary N) is 1. The number of benzene rings is 4. The molecular formula is C43H48N12O6. The van der Waals surface area contributed by atoms with Crippen LogP contribution in [0, 0.1) is 0 Å². The normalized spacial score (nSPS) is 11.8. The molecule has 0 radical (unpaired) electrons. The van der Waals surface area contributed by atoms with E-state index in [0.29, 0.717) is 41.7 Å². The number of hydrogen-bond acceptors (Lipinski definition) is 15. The van der Waals surface area contributed by atoms with Gasteiger partial charge in [0.25, 0.3) is 0 Å². The second-order valence-corrected chi connectivity index (χ2v) is 14.7. The van der Waals surface area contributed by atoms with Gasteiger partial charge in [-0.3, -0.25) is 5.32 Å². The average molecular weight is 829 g/mol. The molecule has 18 nitrogen and oxygen atoms in total. The van der Waals surface area contributed by atoms with Gasteiger partial charge < -0.3 is 29.7 Å². The van der Waals surface area contributed by atoms with E-state index in [2.05, 4.69) is 46.1 Å². The summed E-state index contributed by atoms with van der Waals surface area (Å²) in [5, 5.41) is 35.1. The highest BCUT2D eigenvalue weighted by Gasteiger charge is 2.21. The Morgan fingerprint density at radius 2 is 0.967 bits per heavy atom. The van der Waals surface area contributed by atoms with Gasteiger partial charge in [0, 0.05) is 49.7 Å². The van der Waals surface area contributed by atoms with Gasteiger partial charge in [-0.2, -0.15) is 0 Å². The lowest BCUT2D eigenvalue weighted by molar-refractivity contribution is 0.0634. The lowest BCUT2D eigenvalue weighted by Gasteiger charge is -2.19. The largest absolute Gasteiger partial charge is 0.444 e. The number of nitrogens with one attached hydrogen (secondary N) is 1. The van der Waals surface area contributed by atoms with Crippen molar-refractivity contribution >= 4 is 29.7 Å². The summed E-state index contributed by atoms with van der Waals surface area (Å²) >= 11 is 0. The number of ether oxygens (including phenoxy) is 3. The number of carbonyl (C=O) groups excluding carboxylic acids is 3. The smallest absolute Gasteiger partial charge is 0.412 e. The van der Waals surface area contributed by atoms with Gasteiger partial charge in [-0.05, 0) is 94.3 Å². The first-order valence-corrected chi connectivity index (χ1v) is 19.2. The molecule has 316 valence electrons. The van der Waals surface area contributed by atoms with Gasteiger partial charge >= 0.3 is 18.3 Å². The Morgan fingerprint density at radius 3 is 1.34 bits per heavy atom. The highest BCUT2D eigenvalue weighted by atomic mass is 16.6. The van der Waals surface area contributed by atoms with Crippen molar-refractivity contribution in [2.24, 2.45) is 0 Å². The summed E-state index contributed by atoms with van der Waals surface area (Å²) in [5.74, 6) is 1.09. The van der Waals surface area contributed by atoms with Gasteiger partial charge in [-0.25, -0.2) is 14.4 Å². The maximum absolute atomic E-state index is 12.4. The van der Waals surface area contributed by atoms with Crippen LogP contribution in [0.25, 0.3) is 22.8 Å². The number of amides is 3. The zero-order valence-electron chi connectivity index (χ0n) is 35.0. The third-order valence-corrected chi connectivity index (χ3v) is 8.38. The first kappa shape index (κ1) is 44.5. The van der Waals surface area contributed by atoms with Crippen LogP contribution in [-0.4, -0.2) is 88.6 Å². The lowest BCUT2D eigenvalue weighted by atomic mass is 10.2. The zero-order chi connectivity index (χ0) is 43.9. The fourth-order valence-electron chi connectivity index (χ4n) is 5.22. The molecule has 18 heteroatoms. The highest BCUT2D eigenvalue weighted by molar-refractivity contribution is 5.85. The number of aromatic nitrogens is 8. The van der Waals surface area contributed by atoms with E-state index in [1.807, 2.05) is 60.7 Å². The van der Waals surface area contributed by atoms with Gasteiger partial charge in [0.05, 0.1) is 0 Å². The van der Waals surface area contributed by atoms with Gasteiger partial charge in [0.2, 0.25) is 23.3 Å². The molecule has 2 unspecified atom stereocenters. The minimum absolute atomic E-state index is 0.188. The van der Waals surface area contributed by atoms with E-state index in [1.54, 1.807) is 97.2 Å². The Morgan fingerprint density at radius 1 is 0.590 bits per heavy atom. The molecule has 2 aromatic heterocycles.